The Morgan fingerprint density at radius 3 is 2.94 bits per heavy atom. The number of halogens is 1. The first-order chi connectivity index (χ1) is 8.24. The molecule has 1 N–H and O–H groups in total. The molecule has 4 nitrogen and oxygen atoms in total. The van der Waals surface area contributed by atoms with Crippen LogP contribution in [0.15, 0.2) is 12.3 Å². The summed E-state index contributed by atoms with van der Waals surface area (Å²) in [4.78, 5) is 10.4. The van der Waals surface area contributed by atoms with Gasteiger partial charge in [0.15, 0.2) is 0 Å². The first-order valence-electron chi connectivity index (χ1n) is 6.11. The predicted octanol–water partition coefficient (Wildman–Crippen LogP) is 1.56. The molecule has 5 heteroatoms. The van der Waals surface area contributed by atoms with Crippen molar-refractivity contribution in [1.29, 1.82) is 0 Å². The van der Waals surface area contributed by atoms with Crippen molar-refractivity contribution in [2.75, 3.05) is 26.7 Å². The van der Waals surface area contributed by atoms with E-state index < -0.39 is 0 Å². The molecule has 1 saturated heterocycles. The van der Waals surface area contributed by atoms with Crippen LogP contribution in [0, 0.1) is 5.92 Å². The molecule has 94 valence electrons. The molecule has 0 radical (unpaired) electrons. The zero-order valence-corrected chi connectivity index (χ0v) is 11.0. The SMILES string of the molecule is CN(Cc1ccnc(Cl)n1)CC1CCNCC1. The van der Waals surface area contributed by atoms with Gasteiger partial charge in [-0.2, -0.15) is 0 Å². The van der Waals surface area contributed by atoms with Gasteiger partial charge in [-0.1, -0.05) is 0 Å². The Kier molecular flexibility index (Phi) is 4.71. The lowest BCUT2D eigenvalue weighted by molar-refractivity contribution is 0.232. The molecule has 1 aliphatic heterocycles. The number of hydrogen-bond donors (Lipinski definition) is 1. The van der Waals surface area contributed by atoms with E-state index in [-0.39, 0.29) is 0 Å². The Morgan fingerprint density at radius 2 is 2.24 bits per heavy atom. The smallest absolute Gasteiger partial charge is 0.222 e. The Balaban J connectivity index is 1.82. The lowest BCUT2D eigenvalue weighted by Gasteiger charge is -2.27. The van der Waals surface area contributed by atoms with Crippen LogP contribution in [0.3, 0.4) is 0 Å². The first kappa shape index (κ1) is 12.7. The summed E-state index contributed by atoms with van der Waals surface area (Å²) >= 11 is 5.77. The molecule has 0 atom stereocenters. The monoisotopic (exact) mass is 254 g/mol. The molecule has 2 rings (SSSR count). The molecule has 2 heterocycles. The van der Waals surface area contributed by atoms with Gasteiger partial charge in [0.05, 0.1) is 5.69 Å². The summed E-state index contributed by atoms with van der Waals surface area (Å²) in [6, 6.07) is 1.92. The molecule has 0 spiro atoms. The molecular formula is C12H19ClN4. The van der Waals surface area contributed by atoms with Gasteiger partial charge in [0.2, 0.25) is 5.28 Å². The van der Waals surface area contributed by atoms with Gasteiger partial charge in [-0.3, -0.25) is 0 Å². The number of piperidine rings is 1. The molecule has 1 aromatic heterocycles. The van der Waals surface area contributed by atoms with E-state index in [2.05, 4.69) is 27.2 Å². The van der Waals surface area contributed by atoms with Crippen LogP contribution in [-0.4, -0.2) is 41.5 Å². The third-order valence-electron chi connectivity index (χ3n) is 3.14. The lowest BCUT2D eigenvalue weighted by Crippen LogP contribution is -2.34. The van der Waals surface area contributed by atoms with Gasteiger partial charge in [0.25, 0.3) is 0 Å². The van der Waals surface area contributed by atoms with E-state index in [4.69, 9.17) is 11.6 Å². The Morgan fingerprint density at radius 1 is 1.47 bits per heavy atom. The van der Waals surface area contributed by atoms with E-state index in [0.717, 1.165) is 37.8 Å². The average molecular weight is 255 g/mol. The Hall–Kier alpha value is -0.710. The fourth-order valence-corrected chi connectivity index (χ4v) is 2.47. The zero-order valence-electron chi connectivity index (χ0n) is 10.2. The van der Waals surface area contributed by atoms with Crippen molar-refractivity contribution < 1.29 is 0 Å². The number of nitrogens with zero attached hydrogens (tertiary/aromatic N) is 3. The van der Waals surface area contributed by atoms with E-state index >= 15 is 0 Å². The molecule has 0 amide bonds. The average Bonchev–Trinajstić information content (AvgIpc) is 2.30. The van der Waals surface area contributed by atoms with Crippen molar-refractivity contribution in [2.24, 2.45) is 5.92 Å². The minimum atomic E-state index is 0.331. The van der Waals surface area contributed by atoms with Crippen molar-refractivity contribution >= 4 is 11.6 Å². The molecule has 0 unspecified atom stereocenters. The topological polar surface area (TPSA) is 41.1 Å². The quantitative estimate of drug-likeness (QED) is 0.828. The minimum Gasteiger partial charge on any atom is -0.317 e. The van der Waals surface area contributed by atoms with Gasteiger partial charge in [-0.15, -0.1) is 0 Å². The van der Waals surface area contributed by atoms with Gasteiger partial charge in [-0.25, -0.2) is 9.97 Å². The van der Waals surface area contributed by atoms with E-state index in [9.17, 15) is 0 Å². The summed E-state index contributed by atoms with van der Waals surface area (Å²) < 4.78 is 0. The van der Waals surface area contributed by atoms with Gasteiger partial charge in [-0.05, 0) is 56.6 Å². The molecule has 17 heavy (non-hydrogen) atoms. The summed E-state index contributed by atoms with van der Waals surface area (Å²) in [5.41, 5.74) is 0.987. The van der Waals surface area contributed by atoms with Crippen molar-refractivity contribution in [3.63, 3.8) is 0 Å². The van der Waals surface area contributed by atoms with Crippen LogP contribution in [0.4, 0.5) is 0 Å². The molecule has 0 aliphatic carbocycles. The Labute approximate surface area is 107 Å². The second-order valence-electron chi connectivity index (χ2n) is 4.71. The highest BCUT2D eigenvalue weighted by Gasteiger charge is 2.15. The molecule has 0 saturated carbocycles. The van der Waals surface area contributed by atoms with Crippen molar-refractivity contribution in [2.45, 2.75) is 19.4 Å². The summed E-state index contributed by atoms with van der Waals surface area (Å²) in [7, 11) is 2.14. The van der Waals surface area contributed by atoms with E-state index in [0.29, 0.717) is 5.28 Å². The minimum absolute atomic E-state index is 0.331. The second-order valence-corrected chi connectivity index (χ2v) is 5.05. The van der Waals surface area contributed by atoms with Crippen molar-refractivity contribution in [1.82, 2.24) is 20.2 Å². The maximum absolute atomic E-state index is 5.77. The van der Waals surface area contributed by atoms with Crippen LogP contribution in [0.2, 0.25) is 5.28 Å². The maximum Gasteiger partial charge on any atom is 0.222 e. The number of aromatic nitrogens is 2. The standard InChI is InChI=1S/C12H19ClN4/c1-17(8-10-2-5-14-6-3-10)9-11-4-7-15-12(13)16-11/h4,7,10,14H,2-3,5-6,8-9H2,1H3. The lowest BCUT2D eigenvalue weighted by atomic mass is 9.98. The van der Waals surface area contributed by atoms with Crippen molar-refractivity contribution in [3.8, 4) is 0 Å². The third-order valence-corrected chi connectivity index (χ3v) is 3.33. The molecule has 0 aromatic carbocycles. The van der Waals surface area contributed by atoms with Gasteiger partial charge in [0, 0.05) is 19.3 Å². The highest BCUT2D eigenvalue weighted by molar-refractivity contribution is 6.28. The highest BCUT2D eigenvalue weighted by atomic mass is 35.5. The highest BCUT2D eigenvalue weighted by Crippen LogP contribution is 2.14. The van der Waals surface area contributed by atoms with E-state index in [1.165, 1.54) is 12.8 Å². The molecular weight excluding hydrogens is 236 g/mol. The summed E-state index contributed by atoms with van der Waals surface area (Å²) in [6.45, 7) is 4.27. The predicted molar refractivity (Wildman–Crippen MR) is 69.0 cm³/mol. The summed E-state index contributed by atoms with van der Waals surface area (Å²) in [6.07, 6.45) is 4.26. The van der Waals surface area contributed by atoms with Gasteiger partial charge in [0.1, 0.15) is 0 Å². The van der Waals surface area contributed by atoms with Crippen LogP contribution in [0.5, 0.6) is 0 Å². The Bertz CT molecular complexity index is 352. The maximum atomic E-state index is 5.77. The second kappa shape index (κ2) is 6.28. The van der Waals surface area contributed by atoms with Crippen LogP contribution in [-0.2, 0) is 6.54 Å². The largest absolute Gasteiger partial charge is 0.317 e. The van der Waals surface area contributed by atoms with E-state index in [1.54, 1.807) is 6.20 Å². The molecule has 0 bridgehead atoms. The summed E-state index contributed by atoms with van der Waals surface area (Å²) in [5.74, 6) is 0.804. The van der Waals surface area contributed by atoms with Crippen LogP contribution < -0.4 is 5.32 Å². The van der Waals surface area contributed by atoms with Crippen LogP contribution >= 0.6 is 11.6 Å². The van der Waals surface area contributed by atoms with Gasteiger partial charge >= 0.3 is 0 Å². The normalized spacial score (nSPS) is 17.6. The number of hydrogen-bond acceptors (Lipinski definition) is 4. The fourth-order valence-electron chi connectivity index (χ4n) is 2.30. The molecule has 1 aliphatic rings. The van der Waals surface area contributed by atoms with Crippen LogP contribution in [0.1, 0.15) is 18.5 Å². The van der Waals surface area contributed by atoms with Crippen LogP contribution in [0.25, 0.3) is 0 Å². The third kappa shape index (κ3) is 4.22. The fraction of sp³-hybridized carbons (Fsp3) is 0.667. The number of nitrogens with one attached hydrogen (secondary N) is 1. The summed E-state index contributed by atoms with van der Waals surface area (Å²) in [5, 5.41) is 3.72. The molecule has 1 aromatic rings. The first-order valence-corrected chi connectivity index (χ1v) is 6.48. The van der Waals surface area contributed by atoms with Gasteiger partial charge < -0.3 is 10.2 Å². The van der Waals surface area contributed by atoms with Crippen molar-refractivity contribution in [3.05, 3.63) is 23.2 Å². The number of rotatable bonds is 4. The zero-order chi connectivity index (χ0) is 12.1. The molecule has 1 fully saturated rings. The van der Waals surface area contributed by atoms with E-state index in [1.807, 2.05) is 6.07 Å².